The van der Waals surface area contributed by atoms with E-state index in [-0.39, 0.29) is 12.1 Å². The van der Waals surface area contributed by atoms with Crippen molar-refractivity contribution in [1.82, 2.24) is 10.6 Å². The third kappa shape index (κ3) is 4.04. The molecule has 0 aliphatic carbocycles. The molecule has 2 N–H and O–H groups in total. The first-order valence-corrected chi connectivity index (χ1v) is 7.83. The van der Waals surface area contributed by atoms with Crippen molar-refractivity contribution in [2.75, 3.05) is 32.9 Å². The molecule has 22 heavy (non-hydrogen) atoms. The van der Waals surface area contributed by atoms with E-state index in [1.165, 1.54) is 0 Å². The van der Waals surface area contributed by atoms with E-state index in [9.17, 15) is 4.79 Å². The van der Waals surface area contributed by atoms with Crippen LogP contribution in [0.3, 0.4) is 0 Å². The van der Waals surface area contributed by atoms with Crippen molar-refractivity contribution < 1.29 is 19.0 Å². The lowest BCUT2D eigenvalue weighted by Gasteiger charge is -2.19. The number of fused-ring (bicyclic) bond motifs is 1. The van der Waals surface area contributed by atoms with Crippen LogP contribution in [0.1, 0.15) is 18.4 Å². The van der Waals surface area contributed by atoms with Crippen LogP contribution in [-0.2, 0) is 11.2 Å². The summed E-state index contributed by atoms with van der Waals surface area (Å²) < 4.78 is 16.5. The van der Waals surface area contributed by atoms with Gasteiger partial charge in [0.1, 0.15) is 13.2 Å². The quantitative estimate of drug-likeness (QED) is 0.864. The molecule has 2 amide bonds. The van der Waals surface area contributed by atoms with E-state index in [0.29, 0.717) is 26.3 Å². The van der Waals surface area contributed by atoms with Crippen molar-refractivity contribution in [2.24, 2.45) is 0 Å². The van der Waals surface area contributed by atoms with E-state index >= 15 is 0 Å². The zero-order valence-corrected chi connectivity index (χ0v) is 12.6. The number of ether oxygens (including phenoxy) is 3. The summed E-state index contributed by atoms with van der Waals surface area (Å²) in [6.07, 6.45) is 3.03. The molecule has 0 bridgehead atoms. The second-order valence-corrected chi connectivity index (χ2v) is 5.50. The Labute approximate surface area is 130 Å². The highest BCUT2D eigenvalue weighted by atomic mass is 16.6. The highest BCUT2D eigenvalue weighted by Gasteiger charge is 2.16. The number of urea groups is 1. The van der Waals surface area contributed by atoms with Crippen LogP contribution in [-0.4, -0.2) is 45.0 Å². The molecule has 6 heteroatoms. The van der Waals surface area contributed by atoms with Crippen molar-refractivity contribution in [3.63, 3.8) is 0 Å². The monoisotopic (exact) mass is 306 g/mol. The fourth-order valence-corrected chi connectivity index (χ4v) is 2.64. The number of hydrogen-bond donors (Lipinski definition) is 2. The summed E-state index contributed by atoms with van der Waals surface area (Å²) in [5.41, 5.74) is 1.11. The van der Waals surface area contributed by atoms with Gasteiger partial charge in [-0.1, -0.05) is 6.07 Å². The lowest BCUT2D eigenvalue weighted by molar-refractivity contribution is 0.111. The highest BCUT2D eigenvalue weighted by molar-refractivity contribution is 5.73. The van der Waals surface area contributed by atoms with Crippen LogP contribution in [0.25, 0.3) is 0 Å². The van der Waals surface area contributed by atoms with Crippen LogP contribution in [0, 0.1) is 0 Å². The van der Waals surface area contributed by atoms with Gasteiger partial charge in [-0.3, -0.25) is 0 Å². The first-order chi connectivity index (χ1) is 10.8. The third-order valence-electron chi connectivity index (χ3n) is 3.82. The van der Waals surface area contributed by atoms with E-state index in [2.05, 4.69) is 10.6 Å². The number of rotatable bonds is 5. The summed E-state index contributed by atoms with van der Waals surface area (Å²) in [6.45, 7) is 3.14. The van der Waals surface area contributed by atoms with Crippen molar-refractivity contribution in [3.05, 3.63) is 23.8 Å². The number of benzene rings is 1. The summed E-state index contributed by atoms with van der Waals surface area (Å²) >= 11 is 0. The molecule has 0 saturated carbocycles. The molecular formula is C16H22N2O4. The van der Waals surface area contributed by atoms with Crippen LogP contribution in [0.5, 0.6) is 11.5 Å². The summed E-state index contributed by atoms with van der Waals surface area (Å²) in [4.78, 5) is 11.7. The molecule has 2 aliphatic rings. The Morgan fingerprint density at radius 2 is 2.00 bits per heavy atom. The lowest BCUT2D eigenvalue weighted by atomic mass is 10.1. The summed E-state index contributed by atoms with van der Waals surface area (Å²) in [7, 11) is 0. The van der Waals surface area contributed by atoms with Gasteiger partial charge in [0, 0.05) is 19.7 Å². The molecule has 1 aromatic rings. The Morgan fingerprint density at radius 1 is 1.14 bits per heavy atom. The second kappa shape index (κ2) is 7.35. The van der Waals surface area contributed by atoms with E-state index in [4.69, 9.17) is 14.2 Å². The minimum absolute atomic E-state index is 0.145. The van der Waals surface area contributed by atoms with E-state index < -0.39 is 0 Å². The van der Waals surface area contributed by atoms with Gasteiger partial charge in [0.25, 0.3) is 0 Å². The maximum atomic E-state index is 11.7. The van der Waals surface area contributed by atoms with Gasteiger partial charge in [0.05, 0.1) is 6.10 Å². The molecule has 6 nitrogen and oxygen atoms in total. The van der Waals surface area contributed by atoms with Crippen LogP contribution >= 0.6 is 0 Å². The smallest absolute Gasteiger partial charge is 0.314 e. The zero-order chi connectivity index (χ0) is 15.2. The highest BCUT2D eigenvalue weighted by Crippen LogP contribution is 2.30. The number of nitrogens with one attached hydrogen (secondary N) is 2. The minimum atomic E-state index is -0.145. The Bertz CT molecular complexity index is 515. The zero-order valence-electron chi connectivity index (χ0n) is 12.6. The van der Waals surface area contributed by atoms with Gasteiger partial charge in [0.15, 0.2) is 11.5 Å². The standard InChI is InChI=1S/C16H22N2O4/c19-16(18-11-13-2-1-7-20-13)17-6-5-12-3-4-14-15(10-12)22-9-8-21-14/h3-4,10,13H,1-2,5-9,11H2,(H2,17,18,19). The van der Waals surface area contributed by atoms with Gasteiger partial charge in [-0.05, 0) is 37.0 Å². The molecule has 2 heterocycles. The van der Waals surface area contributed by atoms with E-state index in [1.54, 1.807) is 0 Å². The lowest BCUT2D eigenvalue weighted by Crippen LogP contribution is -2.40. The van der Waals surface area contributed by atoms with Gasteiger partial charge in [0.2, 0.25) is 0 Å². The molecule has 1 aromatic carbocycles. The summed E-state index contributed by atoms with van der Waals surface area (Å²) in [6, 6.07) is 5.74. The summed E-state index contributed by atoms with van der Waals surface area (Å²) in [5.74, 6) is 1.57. The number of carbonyl (C=O) groups excluding carboxylic acids is 1. The molecule has 1 saturated heterocycles. The predicted molar refractivity (Wildman–Crippen MR) is 81.5 cm³/mol. The molecule has 1 atom stereocenters. The largest absolute Gasteiger partial charge is 0.486 e. The van der Waals surface area contributed by atoms with E-state index in [0.717, 1.165) is 42.9 Å². The van der Waals surface area contributed by atoms with Crippen molar-refractivity contribution in [1.29, 1.82) is 0 Å². The molecule has 0 aromatic heterocycles. The third-order valence-corrected chi connectivity index (χ3v) is 3.82. The Balaban J connectivity index is 1.38. The summed E-state index contributed by atoms with van der Waals surface area (Å²) in [5, 5.41) is 5.70. The van der Waals surface area contributed by atoms with Gasteiger partial charge in [-0.2, -0.15) is 0 Å². The van der Waals surface area contributed by atoms with Crippen molar-refractivity contribution in [2.45, 2.75) is 25.4 Å². The fraction of sp³-hybridized carbons (Fsp3) is 0.562. The maximum absolute atomic E-state index is 11.7. The normalized spacial score (nSPS) is 19.7. The van der Waals surface area contributed by atoms with Crippen LogP contribution < -0.4 is 20.1 Å². The molecule has 1 fully saturated rings. The predicted octanol–water partition coefficient (Wildman–Crippen LogP) is 1.48. The Kier molecular flexibility index (Phi) is 5.00. The van der Waals surface area contributed by atoms with Crippen LogP contribution in [0.2, 0.25) is 0 Å². The van der Waals surface area contributed by atoms with Crippen molar-refractivity contribution in [3.8, 4) is 11.5 Å². The topological polar surface area (TPSA) is 68.8 Å². The molecule has 1 unspecified atom stereocenters. The van der Waals surface area contributed by atoms with Crippen molar-refractivity contribution >= 4 is 6.03 Å². The molecule has 0 spiro atoms. The van der Waals surface area contributed by atoms with Gasteiger partial charge in [-0.15, -0.1) is 0 Å². The second-order valence-electron chi connectivity index (χ2n) is 5.50. The minimum Gasteiger partial charge on any atom is -0.486 e. The van der Waals surface area contributed by atoms with Crippen LogP contribution in [0.15, 0.2) is 18.2 Å². The van der Waals surface area contributed by atoms with Gasteiger partial charge >= 0.3 is 6.03 Å². The molecular weight excluding hydrogens is 284 g/mol. The maximum Gasteiger partial charge on any atom is 0.314 e. The Hall–Kier alpha value is -1.95. The first-order valence-electron chi connectivity index (χ1n) is 7.83. The molecule has 2 aliphatic heterocycles. The SMILES string of the molecule is O=C(NCCc1ccc2c(c1)OCCO2)NCC1CCCO1. The molecule has 120 valence electrons. The van der Waals surface area contributed by atoms with E-state index in [1.807, 2.05) is 18.2 Å². The van der Waals surface area contributed by atoms with Gasteiger partial charge < -0.3 is 24.8 Å². The number of hydrogen-bond acceptors (Lipinski definition) is 4. The fourth-order valence-electron chi connectivity index (χ4n) is 2.64. The molecule has 3 rings (SSSR count). The Morgan fingerprint density at radius 3 is 2.82 bits per heavy atom. The number of amides is 2. The van der Waals surface area contributed by atoms with Crippen LogP contribution in [0.4, 0.5) is 4.79 Å². The average molecular weight is 306 g/mol. The average Bonchev–Trinajstić information content (AvgIpc) is 3.06. The first kappa shape index (κ1) is 15.0. The molecule has 0 radical (unpaired) electrons. The van der Waals surface area contributed by atoms with Gasteiger partial charge in [-0.25, -0.2) is 4.79 Å². The number of carbonyl (C=O) groups is 1.